The van der Waals surface area contributed by atoms with Gasteiger partial charge in [-0.1, -0.05) is 13.3 Å². The van der Waals surface area contributed by atoms with E-state index in [9.17, 15) is 45.0 Å². The molecule has 0 spiro atoms. The number of aromatic hydroxyl groups is 3. The van der Waals surface area contributed by atoms with Crippen LogP contribution < -0.4 is 10.2 Å². The molecule has 4 atom stereocenters. The molecule has 228 valence electrons. The molecule has 13 heteroatoms. The molecule has 0 fully saturated rings. The summed E-state index contributed by atoms with van der Waals surface area (Å²) in [5.41, 5.74) is -4.22. The Morgan fingerprint density at radius 3 is 2.21 bits per heavy atom. The molecule has 3 aliphatic rings. The van der Waals surface area contributed by atoms with E-state index in [0.717, 1.165) is 4.90 Å². The third-order valence-corrected chi connectivity index (χ3v) is 9.06. The van der Waals surface area contributed by atoms with Gasteiger partial charge in [0.1, 0.15) is 40.6 Å². The molecule has 0 saturated carbocycles. The van der Waals surface area contributed by atoms with E-state index in [1.807, 2.05) is 0 Å². The van der Waals surface area contributed by atoms with Crippen LogP contribution in [0.25, 0.3) is 22.1 Å². The molecule has 0 bridgehead atoms. The number of hydrogen-bond acceptors (Lipinski definition) is 12. The zero-order chi connectivity index (χ0) is 31.3. The third kappa shape index (κ3) is 3.50. The number of phenols is 3. The van der Waals surface area contributed by atoms with Gasteiger partial charge in [-0.3, -0.25) is 14.4 Å². The minimum Gasteiger partial charge on any atom is -0.507 e. The average molecular weight is 598 g/mol. The number of Topliss-reactive ketones (excluding diaryl/α,β-unsaturated/α-hetero) is 1. The number of amides is 1. The first kappa shape index (κ1) is 28.9. The Morgan fingerprint density at radius 2 is 1.58 bits per heavy atom. The van der Waals surface area contributed by atoms with Gasteiger partial charge < -0.3 is 49.4 Å². The van der Waals surface area contributed by atoms with E-state index < -0.39 is 80.5 Å². The van der Waals surface area contributed by atoms with E-state index >= 15 is 0 Å². The first-order chi connectivity index (χ1) is 20.4. The molecule has 1 unspecified atom stereocenters. The van der Waals surface area contributed by atoms with Crippen LogP contribution in [0.4, 0.5) is 0 Å². The first-order valence-corrected chi connectivity index (χ1v) is 13.8. The summed E-state index contributed by atoms with van der Waals surface area (Å²) in [7, 11) is 3.92. The molecule has 1 amide bonds. The van der Waals surface area contributed by atoms with Crippen molar-refractivity contribution in [3.05, 3.63) is 43.8 Å². The maximum Gasteiger partial charge on any atom is 0.260 e. The Balaban J connectivity index is 1.72. The van der Waals surface area contributed by atoms with Crippen molar-refractivity contribution in [3.63, 3.8) is 0 Å². The highest BCUT2D eigenvalue weighted by Gasteiger charge is 2.53. The van der Waals surface area contributed by atoms with Crippen molar-refractivity contribution in [1.29, 1.82) is 0 Å². The molecule has 0 saturated heterocycles. The molecule has 1 aromatic heterocycles. The van der Waals surface area contributed by atoms with Crippen molar-refractivity contribution < 1.29 is 54.1 Å². The first-order valence-electron chi connectivity index (χ1n) is 13.8. The number of ketones is 1. The highest BCUT2D eigenvalue weighted by Crippen LogP contribution is 2.56. The predicted octanol–water partition coefficient (Wildman–Crippen LogP) is 1.93. The van der Waals surface area contributed by atoms with Gasteiger partial charge in [-0.05, 0) is 12.8 Å². The number of fused-ring (bicyclic) bond motifs is 6. The molecule has 13 nitrogen and oxygen atoms in total. The lowest BCUT2D eigenvalue weighted by molar-refractivity contribution is -0.0851. The van der Waals surface area contributed by atoms with Crippen LogP contribution in [0.2, 0.25) is 0 Å². The maximum absolute atomic E-state index is 13.8. The van der Waals surface area contributed by atoms with Crippen molar-refractivity contribution >= 4 is 22.7 Å². The fraction of sp³-hybridized carbons (Fsp3) is 0.433. The van der Waals surface area contributed by atoms with Gasteiger partial charge in [-0.25, -0.2) is 0 Å². The van der Waals surface area contributed by atoms with Gasteiger partial charge in [0.2, 0.25) is 16.9 Å². The van der Waals surface area contributed by atoms with E-state index in [2.05, 4.69) is 0 Å². The highest BCUT2D eigenvalue weighted by molar-refractivity contribution is 6.21. The number of phenolic OH excluding ortho intramolecular Hbond substituents is 3. The Kier molecular flexibility index (Phi) is 6.51. The lowest BCUT2D eigenvalue weighted by Gasteiger charge is -2.43. The van der Waals surface area contributed by atoms with Gasteiger partial charge in [0.05, 0.1) is 29.9 Å². The average Bonchev–Trinajstić information content (AvgIpc) is 2.98. The van der Waals surface area contributed by atoms with Crippen molar-refractivity contribution in [2.75, 3.05) is 21.3 Å². The quantitative estimate of drug-likeness (QED) is 0.239. The van der Waals surface area contributed by atoms with Crippen LogP contribution >= 0.6 is 0 Å². The second kappa shape index (κ2) is 9.67. The summed E-state index contributed by atoms with van der Waals surface area (Å²) in [6.45, 7) is 1.80. The number of benzene rings is 2. The Hall–Kier alpha value is -4.17. The lowest BCUT2D eigenvalue weighted by atomic mass is 9.76. The number of rotatable bonds is 4. The summed E-state index contributed by atoms with van der Waals surface area (Å²) < 4.78 is 17.0. The number of carbonyl (C=O) groups is 2. The summed E-state index contributed by atoms with van der Waals surface area (Å²) in [6, 6.07) is 0. The van der Waals surface area contributed by atoms with Crippen molar-refractivity contribution in [1.82, 2.24) is 4.90 Å². The summed E-state index contributed by atoms with van der Waals surface area (Å²) >= 11 is 0. The van der Waals surface area contributed by atoms with Crippen LogP contribution in [0.3, 0.4) is 0 Å². The topological polar surface area (TPSA) is 207 Å². The van der Waals surface area contributed by atoms with Gasteiger partial charge in [-0.2, -0.15) is 0 Å². The van der Waals surface area contributed by atoms with Crippen molar-refractivity contribution in [3.8, 4) is 34.1 Å². The van der Waals surface area contributed by atoms with E-state index in [0.29, 0.717) is 6.42 Å². The summed E-state index contributed by atoms with van der Waals surface area (Å²) in [4.78, 5) is 42.4. The SMILES string of the molecule is CCCC1(OC)C(=O)c2c(O)c3c(c(O)c2C(=O)N1C)-c1c(c(OC)c2oc4c(c(=O)c2c1O)[C@@H](O)[C@@H](O)C[C@@H]4O)CC3. The number of ether oxygens (including phenoxy) is 2. The number of methoxy groups -OCH3 is 2. The van der Waals surface area contributed by atoms with E-state index in [4.69, 9.17) is 13.9 Å². The molecule has 2 aliphatic carbocycles. The van der Waals surface area contributed by atoms with Crippen LogP contribution in [0, 0.1) is 0 Å². The fourth-order valence-electron chi connectivity index (χ4n) is 6.96. The molecule has 2 heterocycles. The summed E-state index contributed by atoms with van der Waals surface area (Å²) in [6.07, 6.45) is -4.21. The fourth-order valence-corrected chi connectivity index (χ4v) is 6.96. The minimum atomic E-state index is -1.72. The van der Waals surface area contributed by atoms with E-state index in [-0.39, 0.29) is 65.0 Å². The van der Waals surface area contributed by atoms with Crippen LogP contribution in [-0.2, 0) is 17.6 Å². The number of nitrogens with zero attached hydrogens (tertiary/aromatic N) is 1. The minimum absolute atomic E-state index is 0.0151. The molecule has 1 aliphatic heterocycles. The van der Waals surface area contributed by atoms with Crippen molar-refractivity contribution in [2.45, 2.75) is 63.1 Å². The maximum atomic E-state index is 13.8. The molecule has 6 rings (SSSR count). The standard InChI is InChI=1S/C30H31NO12/c1-5-8-30(42-4)28(39)16-17(29(40)31(30)2)22(36)14-10(20(16)34)6-7-11-15(14)23(37)19-24(38)18-21(35)12(32)9-13(33)26(18)43-27(19)25(11)41-3/h12-13,21,32-37H,5-9H2,1-4H3/t12-,13-,21-,30?/m0/s1. The predicted molar refractivity (Wildman–Crippen MR) is 148 cm³/mol. The van der Waals surface area contributed by atoms with Gasteiger partial charge in [0.25, 0.3) is 5.91 Å². The molecule has 3 aromatic rings. The summed E-state index contributed by atoms with van der Waals surface area (Å²) in [5, 5.41) is 65.7. The molecular formula is C30H31NO12. The van der Waals surface area contributed by atoms with Crippen LogP contribution in [0.15, 0.2) is 9.21 Å². The summed E-state index contributed by atoms with van der Waals surface area (Å²) in [5.74, 6) is -3.78. The number of aliphatic hydroxyl groups is 3. The normalized spacial score (nSPS) is 24.4. The Bertz CT molecular complexity index is 1810. The van der Waals surface area contributed by atoms with E-state index in [1.165, 1.54) is 21.3 Å². The number of carbonyl (C=O) groups excluding carboxylic acids is 2. The molecular weight excluding hydrogens is 566 g/mol. The van der Waals surface area contributed by atoms with Gasteiger partial charge >= 0.3 is 0 Å². The highest BCUT2D eigenvalue weighted by atomic mass is 16.5. The van der Waals surface area contributed by atoms with Crippen LogP contribution in [0.5, 0.6) is 23.0 Å². The van der Waals surface area contributed by atoms with E-state index in [1.54, 1.807) is 6.92 Å². The smallest absolute Gasteiger partial charge is 0.260 e. The second-order valence-corrected chi connectivity index (χ2v) is 11.1. The monoisotopic (exact) mass is 597 g/mol. The Labute approximate surface area is 244 Å². The second-order valence-electron chi connectivity index (χ2n) is 11.1. The molecule has 2 aromatic carbocycles. The van der Waals surface area contributed by atoms with Gasteiger partial charge in [-0.15, -0.1) is 0 Å². The van der Waals surface area contributed by atoms with Crippen LogP contribution in [-0.4, -0.2) is 80.3 Å². The van der Waals surface area contributed by atoms with Gasteiger partial charge in [0.15, 0.2) is 11.3 Å². The molecule has 0 radical (unpaired) electrons. The lowest BCUT2D eigenvalue weighted by Crippen LogP contribution is -2.60. The largest absolute Gasteiger partial charge is 0.507 e. The molecule has 43 heavy (non-hydrogen) atoms. The zero-order valence-corrected chi connectivity index (χ0v) is 23.8. The molecule has 6 N–H and O–H groups in total. The third-order valence-electron chi connectivity index (χ3n) is 9.06. The number of aliphatic hydroxyl groups excluding tert-OH is 3. The van der Waals surface area contributed by atoms with Gasteiger partial charge in [0, 0.05) is 49.3 Å². The number of hydrogen-bond donors (Lipinski definition) is 6. The van der Waals surface area contributed by atoms with Crippen molar-refractivity contribution in [2.24, 2.45) is 0 Å². The van der Waals surface area contributed by atoms with Crippen LogP contribution in [0.1, 0.15) is 81.6 Å². The zero-order valence-electron chi connectivity index (χ0n) is 23.8. The number of likely N-dealkylation sites (N-methyl/N-ethyl adjacent to an activating group) is 1. The Morgan fingerprint density at radius 1 is 0.930 bits per heavy atom.